The number of sulfonamides is 1. The molecule has 1 aromatic carbocycles. The van der Waals surface area contributed by atoms with Gasteiger partial charge in [-0.15, -0.1) is 11.3 Å². The first kappa shape index (κ1) is 14.8. The van der Waals surface area contributed by atoms with Crippen LogP contribution in [0.2, 0.25) is 0 Å². The molecule has 1 heterocycles. The van der Waals surface area contributed by atoms with Crippen molar-refractivity contribution < 1.29 is 13.5 Å². The Morgan fingerprint density at radius 1 is 1.37 bits per heavy atom. The molecule has 7 heteroatoms. The van der Waals surface area contributed by atoms with E-state index in [1.807, 2.05) is 12.1 Å². The first-order valence-electron chi connectivity index (χ1n) is 5.41. The van der Waals surface area contributed by atoms with E-state index in [4.69, 9.17) is 5.11 Å². The summed E-state index contributed by atoms with van der Waals surface area (Å²) in [5.74, 6) is 0. The second kappa shape index (κ2) is 5.78. The molecular formula is C12H12INO3S2. The first-order chi connectivity index (χ1) is 8.94. The van der Waals surface area contributed by atoms with Gasteiger partial charge in [-0.1, -0.05) is 12.1 Å². The van der Waals surface area contributed by atoms with Crippen LogP contribution >= 0.6 is 33.9 Å². The van der Waals surface area contributed by atoms with Gasteiger partial charge in [0, 0.05) is 8.45 Å². The molecule has 0 saturated heterocycles. The van der Waals surface area contributed by atoms with Gasteiger partial charge in [-0.3, -0.25) is 4.72 Å². The fourth-order valence-corrected chi connectivity index (χ4v) is 4.75. The molecular weight excluding hydrogens is 397 g/mol. The monoisotopic (exact) mass is 409 g/mol. The van der Waals surface area contributed by atoms with Crippen LogP contribution in [0.1, 0.15) is 10.4 Å². The summed E-state index contributed by atoms with van der Waals surface area (Å²) in [5, 5.41) is 9.13. The van der Waals surface area contributed by atoms with Gasteiger partial charge in [-0.2, -0.15) is 0 Å². The zero-order valence-electron chi connectivity index (χ0n) is 10.1. The van der Waals surface area contributed by atoms with Crippen LogP contribution in [-0.2, 0) is 16.6 Å². The normalized spacial score (nSPS) is 11.5. The predicted octanol–water partition coefficient (Wildman–Crippen LogP) is 2.95. The number of hydrogen-bond donors (Lipinski definition) is 2. The van der Waals surface area contributed by atoms with E-state index in [9.17, 15) is 8.42 Å². The highest BCUT2D eigenvalue weighted by Gasteiger charge is 2.19. The van der Waals surface area contributed by atoms with E-state index >= 15 is 0 Å². The number of rotatable bonds is 4. The fraction of sp³-hybridized carbons (Fsp3) is 0.167. The zero-order valence-corrected chi connectivity index (χ0v) is 13.8. The third-order valence-corrected chi connectivity index (χ3v) is 6.53. The van der Waals surface area contributed by atoms with Crippen LogP contribution in [-0.4, -0.2) is 13.5 Å². The molecule has 0 spiro atoms. The van der Waals surface area contributed by atoms with Gasteiger partial charge in [0.25, 0.3) is 10.0 Å². The lowest BCUT2D eigenvalue weighted by atomic mass is 10.3. The van der Waals surface area contributed by atoms with Gasteiger partial charge in [0.15, 0.2) is 0 Å². The minimum atomic E-state index is -3.59. The van der Waals surface area contributed by atoms with Gasteiger partial charge in [-0.25, -0.2) is 8.42 Å². The van der Waals surface area contributed by atoms with Crippen LogP contribution in [0.25, 0.3) is 0 Å². The van der Waals surface area contributed by atoms with Crippen LogP contribution in [0.4, 0.5) is 5.69 Å². The van der Waals surface area contributed by atoms with Crippen molar-refractivity contribution >= 4 is 49.6 Å². The number of hydrogen-bond acceptors (Lipinski definition) is 4. The zero-order chi connectivity index (χ0) is 14.0. The lowest BCUT2D eigenvalue weighted by molar-refractivity contribution is 0.285. The number of anilines is 1. The number of aryl methyl sites for hydroxylation is 1. The molecule has 0 aliphatic heterocycles. The maximum absolute atomic E-state index is 12.2. The molecule has 102 valence electrons. The molecule has 2 rings (SSSR count). The third kappa shape index (κ3) is 3.28. The van der Waals surface area contributed by atoms with Crippen molar-refractivity contribution in [3.05, 3.63) is 44.3 Å². The lowest BCUT2D eigenvalue weighted by Gasteiger charge is -2.07. The molecule has 1 aromatic heterocycles. The van der Waals surface area contributed by atoms with Crippen LogP contribution in [0.5, 0.6) is 0 Å². The van der Waals surface area contributed by atoms with Crippen molar-refractivity contribution in [1.29, 1.82) is 0 Å². The molecule has 0 unspecified atom stereocenters. The molecule has 0 aliphatic carbocycles. The minimum Gasteiger partial charge on any atom is -0.391 e. The van der Waals surface area contributed by atoms with Crippen LogP contribution in [0.3, 0.4) is 0 Å². The van der Waals surface area contributed by atoms with Gasteiger partial charge in [0.1, 0.15) is 4.21 Å². The molecule has 0 aliphatic rings. The summed E-state index contributed by atoms with van der Waals surface area (Å²) < 4.78 is 28.1. The standard InChI is InChI=1S/C12H12INO3S2/c1-8-6-12(18-11(8)7-15)19(16,17)14-10-5-3-2-4-9(10)13/h2-6,14-15H,7H2,1H3. The number of thiophene rings is 1. The molecule has 4 nitrogen and oxygen atoms in total. The molecule has 0 amide bonds. The summed E-state index contributed by atoms with van der Waals surface area (Å²) in [5.41, 5.74) is 1.34. The fourth-order valence-electron chi connectivity index (χ4n) is 1.52. The van der Waals surface area contributed by atoms with Gasteiger partial charge >= 0.3 is 0 Å². The second-order valence-electron chi connectivity index (χ2n) is 3.92. The Balaban J connectivity index is 2.35. The molecule has 19 heavy (non-hydrogen) atoms. The van der Waals surface area contributed by atoms with Gasteiger partial charge in [-0.05, 0) is 53.3 Å². The summed E-state index contributed by atoms with van der Waals surface area (Å²) in [7, 11) is -3.59. The Bertz CT molecular complexity index is 695. The summed E-state index contributed by atoms with van der Waals surface area (Å²) >= 11 is 3.16. The lowest BCUT2D eigenvalue weighted by Crippen LogP contribution is -2.12. The van der Waals surface area contributed by atoms with Crippen LogP contribution < -0.4 is 4.72 Å². The van der Waals surface area contributed by atoms with Crippen molar-refractivity contribution in [2.75, 3.05) is 4.72 Å². The van der Waals surface area contributed by atoms with Crippen molar-refractivity contribution in [1.82, 2.24) is 0 Å². The van der Waals surface area contributed by atoms with E-state index in [0.717, 1.165) is 20.5 Å². The SMILES string of the molecule is Cc1cc(S(=O)(=O)Nc2ccccc2I)sc1CO. The molecule has 2 N–H and O–H groups in total. The highest BCUT2D eigenvalue weighted by atomic mass is 127. The topological polar surface area (TPSA) is 66.4 Å². The van der Waals surface area contributed by atoms with E-state index in [1.165, 1.54) is 0 Å². The largest absolute Gasteiger partial charge is 0.391 e. The highest BCUT2D eigenvalue weighted by Crippen LogP contribution is 2.28. The third-order valence-electron chi connectivity index (χ3n) is 2.52. The van der Waals surface area contributed by atoms with Crippen molar-refractivity contribution in [2.45, 2.75) is 17.7 Å². The number of para-hydroxylation sites is 1. The summed E-state index contributed by atoms with van der Waals surface area (Å²) in [6, 6.07) is 8.75. The molecule has 0 atom stereocenters. The van der Waals surface area contributed by atoms with E-state index in [0.29, 0.717) is 10.6 Å². The maximum Gasteiger partial charge on any atom is 0.271 e. The van der Waals surface area contributed by atoms with Gasteiger partial charge < -0.3 is 5.11 Å². The average Bonchev–Trinajstić information content (AvgIpc) is 2.74. The molecule has 2 aromatic rings. The van der Waals surface area contributed by atoms with Crippen molar-refractivity contribution in [2.24, 2.45) is 0 Å². The van der Waals surface area contributed by atoms with E-state index in [-0.39, 0.29) is 10.8 Å². The Morgan fingerprint density at radius 2 is 2.05 bits per heavy atom. The Morgan fingerprint density at radius 3 is 2.63 bits per heavy atom. The molecule has 0 radical (unpaired) electrons. The average molecular weight is 409 g/mol. The number of aliphatic hydroxyl groups is 1. The summed E-state index contributed by atoms with van der Waals surface area (Å²) in [6.45, 7) is 1.64. The molecule has 0 saturated carbocycles. The van der Waals surface area contributed by atoms with E-state index in [2.05, 4.69) is 27.3 Å². The van der Waals surface area contributed by atoms with Crippen molar-refractivity contribution in [3.8, 4) is 0 Å². The van der Waals surface area contributed by atoms with Crippen molar-refractivity contribution in [3.63, 3.8) is 0 Å². The summed E-state index contributed by atoms with van der Waals surface area (Å²) in [4.78, 5) is 0.670. The Hall–Kier alpha value is -0.640. The minimum absolute atomic E-state index is 0.144. The smallest absolute Gasteiger partial charge is 0.271 e. The maximum atomic E-state index is 12.2. The highest BCUT2D eigenvalue weighted by molar-refractivity contribution is 14.1. The van der Waals surface area contributed by atoms with Crippen LogP contribution in [0, 0.1) is 10.5 Å². The second-order valence-corrected chi connectivity index (χ2v) is 8.12. The van der Waals surface area contributed by atoms with E-state index < -0.39 is 10.0 Å². The Kier molecular flexibility index (Phi) is 4.49. The molecule has 0 bridgehead atoms. The number of halogens is 1. The first-order valence-corrected chi connectivity index (χ1v) is 8.79. The number of nitrogens with one attached hydrogen (secondary N) is 1. The predicted molar refractivity (Wildman–Crippen MR) is 84.9 cm³/mol. The number of benzene rings is 1. The summed E-state index contributed by atoms with van der Waals surface area (Å²) in [6.07, 6.45) is 0. The molecule has 0 fully saturated rings. The van der Waals surface area contributed by atoms with Crippen LogP contribution in [0.15, 0.2) is 34.5 Å². The number of aliphatic hydroxyl groups excluding tert-OH is 1. The van der Waals surface area contributed by atoms with Gasteiger partial charge in [0.05, 0.1) is 12.3 Å². The van der Waals surface area contributed by atoms with E-state index in [1.54, 1.807) is 25.1 Å². The van der Waals surface area contributed by atoms with Gasteiger partial charge in [0.2, 0.25) is 0 Å². The Labute approximate surface area is 129 Å². The quantitative estimate of drug-likeness (QED) is 0.764.